The summed E-state index contributed by atoms with van der Waals surface area (Å²) in [5.41, 5.74) is 2.13. The zero-order valence-corrected chi connectivity index (χ0v) is 15.6. The molecular formula is C19H15N5O3S. The first-order chi connectivity index (χ1) is 13.7. The predicted molar refractivity (Wildman–Crippen MR) is 103 cm³/mol. The Balaban J connectivity index is 1.44. The molecule has 0 saturated carbocycles. The van der Waals surface area contributed by atoms with Gasteiger partial charge in [-0.2, -0.15) is 4.98 Å². The van der Waals surface area contributed by atoms with E-state index in [2.05, 4.69) is 25.4 Å². The van der Waals surface area contributed by atoms with E-state index in [9.17, 15) is 4.79 Å². The molecular weight excluding hydrogens is 378 g/mol. The maximum atomic E-state index is 12.4. The Bertz CT molecular complexity index is 1090. The van der Waals surface area contributed by atoms with Crippen molar-refractivity contribution >= 4 is 17.2 Å². The average Bonchev–Trinajstić information content (AvgIpc) is 3.42. The maximum Gasteiger partial charge on any atom is 0.280 e. The first-order valence-electron chi connectivity index (χ1n) is 8.34. The Morgan fingerprint density at radius 2 is 2.18 bits per heavy atom. The van der Waals surface area contributed by atoms with Crippen molar-refractivity contribution in [2.45, 2.75) is 6.54 Å². The van der Waals surface area contributed by atoms with Crippen molar-refractivity contribution in [3.63, 3.8) is 0 Å². The van der Waals surface area contributed by atoms with Gasteiger partial charge in [-0.3, -0.25) is 9.78 Å². The lowest BCUT2D eigenvalue weighted by Gasteiger charge is -2.05. The number of nitrogens with one attached hydrogen (secondary N) is 1. The Kier molecular flexibility index (Phi) is 5.07. The standard InChI is InChI=1S/C19H15N5O3S/c1-26-14-6-2-4-12(8-14)9-21-17(25)19-22-15(11-28-19)18-23-16(24-27-18)13-5-3-7-20-10-13/h2-8,10-11H,9H2,1H3,(H,21,25). The number of pyridine rings is 1. The third-order valence-corrected chi connectivity index (χ3v) is 4.69. The molecule has 0 fully saturated rings. The lowest BCUT2D eigenvalue weighted by Crippen LogP contribution is -2.22. The van der Waals surface area contributed by atoms with Crippen LogP contribution in [0, 0.1) is 0 Å². The van der Waals surface area contributed by atoms with Gasteiger partial charge in [0.05, 0.1) is 7.11 Å². The lowest BCUT2D eigenvalue weighted by atomic mass is 10.2. The monoisotopic (exact) mass is 393 g/mol. The lowest BCUT2D eigenvalue weighted by molar-refractivity contribution is 0.0950. The number of hydrogen-bond acceptors (Lipinski definition) is 8. The highest BCUT2D eigenvalue weighted by Crippen LogP contribution is 2.23. The molecule has 1 amide bonds. The van der Waals surface area contributed by atoms with Crippen LogP contribution < -0.4 is 10.1 Å². The minimum Gasteiger partial charge on any atom is -0.497 e. The summed E-state index contributed by atoms with van der Waals surface area (Å²) < 4.78 is 10.4. The third kappa shape index (κ3) is 3.89. The fourth-order valence-corrected chi connectivity index (χ4v) is 3.16. The zero-order valence-electron chi connectivity index (χ0n) is 14.8. The van der Waals surface area contributed by atoms with Gasteiger partial charge in [-0.15, -0.1) is 11.3 Å². The SMILES string of the molecule is COc1cccc(CNC(=O)c2nc(-c3nc(-c4cccnc4)no3)cs2)c1. The molecule has 4 rings (SSSR count). The van der Waals surface area contributed by atoms with Gasteiger partial charge < -0.3 is 14.6 Å². The molecule has 0 spiro atoms. The quantitative estimate of drug-likeness (QED) is 0.536. The molecule has 0 bridgehead atoms. The normalized spacial score (nSPS) is 10.6. The Morgan fingerprint density at radius 1 is 1.25 bits per heavy atom. The van der Waals surface area contributed by atoms with E-state index in [-0.39, 0.29) is 11.8 Å². The molecule has 8 nitrogen and oxygen atoms in total. The fraction of sp³-hybridized carbons (Fsp3) is 0.105. The van der Waals surface area contributed by atoms with Gasteiger partial charge in [-0.1, -0.05) is 17.3 Å². The summed E-state index contributed by atoms with van der Waals surface area (Å²) in [6.07, 6.45) is 3.31. The van der Waals surface area contributed by atoms with Crippen LogP contribution in [0.2, 0.25) is 0 Å². The molecule has 140 valence electrons. The summed E-state index contributed by atoms with van der Waals surface area (Å²) in [6.45, 7) is 0.372. The Morgan fingerprint density at radius 3 is 3.00 bits per heavy atom. The van der Waals surface area contributed by atoms with Gasteiger partial charge in [0.15, 0.2) is 5.01 Å². The first-order valence-corrected chi connectivity index (χ1v) is 9.22. The molecule has 3 heterocycles. The van der Waals surface area contributed by atoms with E-state index >= 15 is 0 Å². The fourth-order valence-electron chi connectivity index (χ4n) is 2.46. The topological polar surface area (TPSA) is 103 Å². The molecule has 0 unspecified atom stereocenters. The number of carbonyl (C=O) groups excluding carboxylic acids is 1. The van der Waals surface area contributed by atoms with Crippen LogP contribution in [-0.2, 0) is 6.54 Å². The van der Waals surface area contributed by atoms with E-state index in [1.165, 1.54) is 11.3 Å². The molecule has 0 saturated heterocycles. The molecule has 1 N–H and O–H groups in total. The van der Waals surface area contributed by atoms with E-state index in [1.54, 1.807) is 30.9 Å². The van der Waals surface area contributed by atoms with Gasteiger partial charge >= 0.3 is 0 Å². The minimum atomic E-state index is -0.272. The van der Waals surface area contributed by atoms with Crippen molar-refractivity contribution in [2.75, 3.05) is 7.11 Å². The number of rotatable bonds is 6. The second-order valence-electron chi connectivity index (χ2n) is 5.74. The summed E-state index contributed by atoms with van der Waals surface area (Å²) in [5, 5.41) is 8.80. The number of amides is 1. The van der Waals surface area contributed by atoms with Crippen molar-refractivity contribution < 1.29 is 14.1 Å². The highest BCUT2D eigenvalue weighted by Gasteiger charge is 2.17. The number of hydrogen-bond donors (Lipinski definition) is 1. The van der Waals surface area contributed by atoms with Gasteiger partial charge in [0.2, 0.25) is 5.82 Å². The smallest absolute Gasteiger partial charge is 0.280 e. The predicted octanol–water partition coefficient (Wildman–Crippen LogP) is 3.19. The van der Waals surface area contributed by atoms with Crippen LogP contribution in [0.1, 0.15) is 15.4 Å². The minimum absolute atomic E-state index is 0.252. The zero-order chi connectivity index (χ0) is 19.3. The third-order valence-electron chi connectivity index (χ3n) is 3.85. The molecule has 0 aliphatic carbocycles. The van der Waals surface area contributed by atoms with E-state index in [0.717, 1.165) is 16.9 Å². The molecule has 3 aromatic heterocycles. The molecule has 28 heavy (non-hydrogen) atoms. The van der Waals surface area contributed by atoms with Gasteiger partial charge in [-0.05, 0) is 29.8 Å². The number of carbonyl (C=O) groups is 1. The molecule has 0 aliphatic heterocycles. The van der Waals surface area contributed by atoms with Crippen LogP contribution in [0.5, 0.6) is 5.75 Å². The van der Waals surface area contributed by atoms with Gasteiger partial charge in [0, 0.05) is 29.9 Å². The molecule has 0 aliphatic rings. The summed E-state index contributed by atoms with van der Waals surface area (Å²) >= 11 is 1.21. The summed E-state index contributed by atoms with van der Waals surface area (Å²) in [6, 6.07) is 11.1. The number of ether oxygens (including phenoxy) is 1. The number of nitrogens with zero attached hydrogens (tertiary/aromatic N) is 4. The Labute approximate surface area is 164 Å². The van der Waals surface area contributed by atoms with E-state index in [4.69, 9.17) is 9.26 Å². The van der Waals surface area contributed by atoms with Crippen molar-refractivity contribution in [1.29, 1.82) is 0 Å². The van der Waals surface area contributed by atoms with E-state index in [1.807, 2.05) is 30.3 Å². The number of benzene rings is 1. The van der Waals surface area contributed by atoms with Crippen LogP contribution >= 0.6 is 11.3 Å². The van der Waals surface area contributed by atoms with Gasteiger partial charge in [0.1, 0.15) is 11.4 Å². The van der Waals surface area contributed by atoms with Crippen LogP contribution in [0.3, 0.4) is 0 Å². The second-order valence-corrected chi connectivity index (χ2v) is 6.60. The highest BCUT2D eigenvalue weighted by atomic mass is 32.1. The van der Waals surface area contributed by atoms with Crippen LogP contribution in [0.4, 0.5) is 0 Å². The van der Waals surface area contributed by atoms with E-state index < -0.39 is 0 Å². The van der Waals surface area contributed by atoms with Crippen molar-refractivity contribution in [3.8, 4) is 28.7 Å². The van der Waals surface area contributed by atoms with Crippen LogP contribution in [0.15, 0.2) is 58.7 Å². The largest absolute Gasteiger partial charge is 0.497 e. The first kappa shape index (κ1) is 17.8. The molecule has 4 aromatic rings. The number of aromatic nitrogens is 4. The molecule has 9 heteroatoms. The maximum absolute atomic E-state index is 12.4. The average molecular weight is 393 g/mol. The van der Waals surface area contributed by atoms with Crippen molar-refractivity contribution in [3.05, 3.63) is 64.7 Å². The van der Waals surface area contributed by atoms with Crippen LogP contribution in [0.25, 0.3) is 23.0 Å². The molecule has 0 atom stereocenters. The molecule has 0 radical (unpaired) electrons. The van der Waals surface area contributed by atoms with Crippen LogP contribution in [-0.4, -0.2) is 33.1 Å². The van der Waals surface area contributed by atoms with Crippen molar-refractivity contribution in [2.24, 2.45) is 0 Å². The van der Waals surface area contributed by atoms with Gasteiger partial charge in [0.25, 0.3) is 11.8 Å². The number of methoxy groups -OCH3 is 1. The van der Waals surface area contributed by atoms with Crippen molar-refractivity contribution in [1.82, 2.24) is 25.4 Å². The van der Waals surface area contributed by atoms with Gasteiger partial charge in [-0.25, -0.2) is 4.98 Å². The summed E-state index contributed by atoms with van der Waals surface area (Å²) in [7, 11) is 1.60. The summed E-state index contributed by atoms with van der Waals surface area (Å²) in [4.78, 5) is 25.0. The Hall–Kier alpha value is -3.59. The molecule has 1 aromatic carbocycles. The summed E-state index contributed by atoms with van der Waals surface area (Å²) in [5.74, 6) is 1.14. The number of thiazole rings is 1. The van der Waals surface area contributed by atoms with E-state index in [0.29, 0.717) is 23.1 Å². The second kappa shape index (κ2) is 7.97. The highest BCUT2D eigenvalue weighted by molar-refractivity contribution is 7.12.